The Morgan fingerprint density at radius 2 is 1.88 bits per heavy atom. The van der Waals surface area contributed by atoms with E-state index >= 15 is 0 Å². The monoisotopic (exact) mass is 464 g/mol. The summed E-state index contributed by atoms with van der Waals surface area (Å²) in [7, 11) is 0. The number of amides is 1. The zero-order chi connectivity index (χ0) is 22.6. The number of carbonyl (C=O) groups is 2. The average Bonchev–Trinajstić information content (AvgIpc) is 3.47. The number of Topliss-reactive ketones (excluding diaryl/α,β-unsaturated/α-hetero) is 1. The molecule has 1 saturated heterocycles. The standard InChI is InChI=1S/C24H17FN2O3S2/c1-12-10-13(2)19-17(11-12)32-24(26-19)27-20(16-4-3-9-31-16)18(22(29)23(27)30)21(28)14-5-7-15(25)8-6-14/h3-11,20,28H,1-2H3. The molecule has 32 heavy (non-hydrogen) atoms. The molecule has 1 amide bonds. The smallest absolute Gasteiger partial charge is 0.301 e. The van der Waals surface area contributed by atoms with Crippen LogP contribution in [0.15, 0.2) is 59.5 Å². The number of ketones is 1. The van der Waals surface area contributed by atoms with Crippen LogP contribution in [0.1, 0.15) is 27.6 Å². The van der Waals surface area contributed by atoms with Crippen LogP contribution >= 0.6 is 22.7 Å². The summed E-state index contributed by atoms with van der Waals surface area (Å²) in [5.41, 5.74) is 3.08. The first kappa shape index (κ1) is 20.5. The zero-order valence-corrected chi connectivity index (χ0v) is 18.8. The van der Waals surface area contributed by atoms with E-state index in [2.05, 4.69) is 4.98 Å². The summed E-state index contributed by atoms with van der Waals surface area (Å²) in [5.74, 6) is -2.34. The third-order valence-corrected chi connectivity index (χ3v) is 7.33. The summed E-state index contributed by atoms with van der Waals surface area (Å²) >= 11 is 2.71. The van der Waals surface area contributed by atoms with Crippen LogP contribution < -0.4 is 4.90 Å². The summed E-state index contributed by atoms with van der Waals surface area (Å²) in [6.45, 7) is 3.95. The number of thiazole rings is 1. The molecule has 160 valence electrons. The van der Waals surface area contributed by atoms with Gasteiger partial charge in [0.05, 0.1) is 15.8 Å². The summed E-state index contributed by atoms with van der Waals surface area (Å²) < 4.78 is 14.3. The molecule has 5 rings (SSSR count). The highest BCUT2D eigenvalue weighted by molar-refractivity contribution is 7.22. The number of rotatable bonds is 3. The molecule has 1 aliphatic heterocycles. The van der Waals surface area contributed by atoms with Gasteiger partial charge in [-0.15, -0.1) is 11.3 Å². The number of anilines is 1. The maximum Gasteiger partial charge on any atom is 0.301 e. The average molecular weight is 465 g/mol. The van der Waals surface area contributed by atoms with Gasteiger partial charge < -0.3 is 5.11 Å². The molecule has 0 aliphatic carbocycles. The molecular formula is C24H17FN2O3S2. The van der Waals surface area contributed by atoms with Crippen LogP contribution in [0.4, 0.5) is 9.52 Å². The molecule has 0 radical (unpaired) electrons. The quantitative estimate of drug-likeness (QED) is 0.238. The summed E-state index contributed by atoms with van der Waals surface area (Å²) in [5, 5.41) is 13.2. The van der Waals surface area contributed by atoms with Crippen LogP contribution in [-0.4, -0.2) is 21.8 Å². The number of nitrogens with zero attached hydrogens (tertiary/aromatic N) is 2. The lowest BCUT2D eigenvalue weighted by Gasteiger charge is -2.21. The van der Waals surface area contributed by atoms with Crippen molar-refractivity contribution in [2.75, 3.05) is 4.90 Å². The summed E-state index contributed by atoms with van der Waals surface area (Å²) in [6.07, 6.45) is 0. The highest BCUT2D eigenvalue weighted by Gasteiger charge is 2.48. The fraction of sp³-hybridized carbons (Fsp3) is 0.125. The Kier molecular flexibility index (Phi) is 4.91. The minimum atomic E-state index is -0.818. The number of aliphatic hydroxyl groups excluding tert-OH is 1. The van der Waals surface area contributed by atoms with E-state index in [0.29, 0.717) is 5.13 Å². The number of benzene rings is 2. The fourth-order valence-electron chi connectivity index (χ4n) is 3.97. The molecule has 5 nitrogen and oxygen atoms in total. The van der Waals surface area contributed by atoms with Crippen molar-refractivity contribution in [1.29, 1.82) is 0 Å². The molecule has 1 fully saturated rings. The predicted molar refractivity (Wildman–Crippen MR) is 125 cm³/mol. The van der Waals surface area contributed by atoms with Gasteiger partial charge >= 0.3 is 5.91 Å². The van der Waals surface area contributed by atoms with E-state index in [4.69, 9.17) is 0 Å². The molecule has 4 aromatic rings. The van der Waals surface area contributed by atoms with E-state index in [1.54, 1.807) is 0 Å². The number of fused-ring (bicyclic) bond motifs is 1. The predicted octanol–water partition coefficient (Wildman–Crippen LogP) is 5.74. The second-order valence-corrected chi connectivity index (χ2v) is 9.60. The van der Waals surface area contributed by atoms with Crippen LogP contribution in [-0.2, 0) is 9.59 Å². The minimum absolute atomic E-state index is 0.0313. The molecule has 8 heteroatoms. The van der Waals surface area contributed by atoms with Crippen molar-refractivity contribution in [3.63, 3.8) is 0 Å². The Bertz CT molecular complexity index is 1410. The first-order valence-corrected chi connectivity index (χ1v) is 11.5. The number of hydrogen-bond acceptors (Lipinski definition) is 6. The molecule has 1 N–H and O–H groups in total. The van der Waals surface area contributed by atoms with E-state index in [1.165, 1.54) is 51.8 Å². The van der Waals surface area contributed by atoms with E-state index in [-0.39, 0.29) is 16.9 Å². The van der Waals surface area contributed by atoms with E-state index in [0.717, 1.165) is 26.2 Å². The zero-order valence-electron chi connectivity index (χ0n) is 17.1. The maximum atomic E-state index is 13.4. The number of carbonyl (C=O) groups excluding carboxylic acids is 2. The first-order valence-electron chi connectivity index (χ1n) is 9.83. The van der Waals surface area contributed by atoms with E-state index in [1.807, 2.05) is 43.5 Å². The Balaban J connectivity index is 1.72. The van der Waals surface area contributed by atoms with Crippen molar-refractivity contribution < 1.29 is 19.1 Å². The van der Waals surface area contributed by atoms with Crippen LogP contribution in [0.3, 0.4) is 0 Å². The van der Waals surface area contributed by atoms with Gasteiger partial charge in [0.2, 0.25) is 0 Å². The van der Waals surface area contributed by atoms with Crippen molar-refractivity contribution in [1.82, 2.24) is 4.98 Å². The van der Waals surface area contributed by atoms with Gasteiger partial charge in [-0.05, 0) is 66.8 Å². The second kappa shape index (κ2) is 7.65. The fourth-order valence-corrected chi connectivity index (χ4v) is 5.96. The first-order chi connectivity index (χ1) is 15.3. The molecule has 1 atom stereocenters. The number of aryl methyl sites for hydroxylation is 2. The van der Waals surface area contributed by atoms with Gasteiger partial charge in [0, 0.05) is 10.4 Å². The molecule has 2 aromatic heterocycles. The Morgan fingerprint density at radius 1 is 1.12 bits per heavy atom. The maximum absolute atomic E-state index is 13.4. The number of hydrogen-bond donors (Lipinski definition) is 1. The van der Waals surface area contributed by atoms with Crippen LogP contribution in [0.2, 0.25) is 0 Å². The third kappa shape index (κ3) is 3.23. The molecule has 2 aromatic carbocycles. The Morgan fingerprint density at radius 3 is 2.56 bits per heavy atom. The third-order valence-electron chi connectivity index (χ3n) is 5.40. The minimum Gasteiger partial charge on any atom is -0.507 e. The number of thiophene rings is 1. The van der Waals surface area contributed by atoms with Gasteiger partial charge in [0.25, 0.3) is 5.78 Å². The topological polar surface area (TPSA) is 70.5 Å². The molecule has 3 heterocycles. The highest BCUT2D eigenvalue weighted by Crippen LogP contribution is 2.45. The van der Waals surface area contributed by atoms with Crippen molar-refractivity contribution >= 4 is 55.5 Å². The second-order valence-electron chi connectivity index (χ2n) is 7.62. The van der Waals surface area contributed by atoms with E-state index < -0.39 is 23.5 Å². The van der Waals surface area contributed by atoms with Gasteiger partial charge in [-0.3, -0.25) is 14.5 Å². The molecule has 1 unspecified atom stereocenters. The number of aromatic nitrogens is 1. The number of aliphatic hydroxyl groups is 1. The number of halogens is 1. The molecule has 0 spiro atoms. The Hall–Kier alpha value is -3.36. The lowest BCUT2D eigenvalue weighted by atomic mass is 10.00. The molecule has 1 aliphatic rings. The Labute approximate surface area is 191 Å². The SMILES string of the molecule is Cc1cc(C)c2nc(N3C(=O)C(=O)C(=C(O)c4ccc(F)cc4)C3c3cccs3)sc2c1. The van der Waals surface area contributed by atoms with Crippen LogP contribution in [0.5, 0.6) is 0 Å². The van der Waals surface area contributed by atoms with Gasteiger partial charge in [0.15, 0.2) is 5.13 Å². The van der Waals surface area contributed by atoms with Crippen molar-refractivity contribution in [2.24, 2.45) is 0 Å². The van der Waals surface area contributed by atoms with Crippen LogP contribution in [0, 0.1) is 19.7 Å². The summed E-state index contributed by atoms with van der Waals surface area (Å²) in [6, 6.07) is 12.0. The van der Waals surface area contributed by atoms with Crippen LogP contribution in [0.25, 0.3) is 16.0 Å². The van der Waals surface area contributed by atoms with E-state index in [9.17, 15) is 19.1 Å². The van der Waals surface area contributed by atoms with Crippen molar-refractivity contribution in [2.45, 2.75) is 19.9 Å². The summed E-state index contributed by atoms with van der Waals surface area (Å²) in [4.78, 5) is 33.1. The lowest BCUT2D eigenvalue weighted by Crippen LogP contribution is -2.28. The molecular weight excluding hydrogens is 447 g/mol. The van der Waals surface area contributed by atoms with Gasteiger partial charge in [-0.25, -0.2) is 9.37 Å². The van der Waals surface area contributed by atoms with Crippen molar-refractivity contribution in [3.05, 3.63) is 86.9 Å². The van der Waals surface area contributed by atoms with Gasteiger partial charge in [-0.2, -0.15) is 0 Å². The largest absolute Gasteiger partial charge is 0.507 e. The highest BCUT2D eigenvalue weighted by atomic mass is 32.1. The van der Waals surface area contributed by atoms with Gasteiger partial charge in [0.1, 0.15) is 17.6 Å². The lowest BCUT2D eigenvalue weighted by molar-refractivity contribution is -0.132. The molecule has 0 bridgehead atoms. The normalized spacial score (nSPS) is 18.1. The van der Waals surface area contributed by atoms with Gasteiger partial charge in [-0.1, -0.05) is 23.5 Å². The van der Waals surface area contributed by atoms with Crippen molar-refractivity contribution in [3.8, 4) is 0 Å². The molecule has 0 saturated carbocycles.